The van der Waals surface area contributed by atoms with Gasteiger partial charge in [0.05, 0.1) is 0 Å². The van der Waals surface area contributed by atoms with Crippen LogP contribution in [-0.2, 0) is 14.4 Å². The summed E-state index contributed by atoms with van der Waals surface area (Å²) in [5.41, 5.74) is 0.879. The van der Waals surface area contributed by atoms with E-state index in [4.69, 9.17) is 5.11 Å². The molecule has 0 aliphatic carbocycles. The summed E-state index contributed by atoms with van der Waals surface area (Å²) in [6.45, 7) is 5.06. The molecule has 1 heterocycles. The Morgan fingerprint density at radius 3 is 2.37 bits per heavy atom. The van der Waals surface area contributed by atoms with E-state index in [0.29, 0.717) is 17.6 Å². The molecule has 19 heavy (non-hydrogen) atoms. The summed E-state index contributed by atoms with van der Waals surface area (Å²) >= 11 is 0. The number of carboxylic acids is 1. The molecule has 1 aliphatic heterocycles. The topological polar surface area (TPSA) is 74.7 Å². The second-order valence-electron chi connectivity index (χ2n) is 4.91. The Hall–Kier alpha value is -1.65. The van der Waals surface area contributed by atoms with E-state index in [1.165, 1.54) is 6.92 Å². The molecular weight excluding hydrogens is 246 g/mol. The summed E-state index contributed by atoms with van der Waals surface area (Å²) in [6, 6.07) is -1.11. The Balaban J connectivity index is 2.75. The molecule has 1 N–H and O–H groups in total. The molecule has 0 saturated heterocycles. The van der Waals surface area contributed by atoms with Gasteiger partial charge in [0.2, 0.25) is 0 Å². The van der Waals surface area contributed by atoms with Crippen molar-refractivity contribution in [1.82, 2.24) is 4.90 Å². The molecule has 0 aromatic rings. The molecule has 0 bridgehead atoms. The van der Waals surface area contributed by atoms with E-state index < -0.39 is 23.8 Å². The zero-order valence-corrected chi connectivity index (χ0v) is 11.7. The predicted octanol–water partition coefficient (Wildman–Crippen LogP) is 2.12. The van der Waals surface area contributed by atoms with Crippen molar-refractivity contribution in [1.29, 1.82) is 0 Å². The lowest BCUT2D eigenvalue weighted by molar-refractivity contribution is -0.152. The van der Waals surface area contributed by atoms with Crippen LogP contribution < -0.4 is 0 Å². The van der Waals surface area contributed by atoms with Gasteiger partial charge < -0.3 is 5.11 Å². The van der Waals surface area contributed by atoms with Crippen molar-refractivity contribution in [3.63, 3.8) is 0 Å². The van der Waals surface area contributed by atoms with Gasteiger partial charge in [-0.3, -0.25) is 14.5 Å². The number of carbonyl (C=O) groups is 3. The summed E-state index contributed by atoms with van der Waals surface area (Å²) in [4.78, 5) is 35.8. The molecule has 0 fully saturated rings. The Morgan fingerprint density at radius 1 is 1.21 bits per heavy atom. The normalized spacial score (nSPS) is 17.3. The van der Waals surface area contributed by atoms with E-state index in [1.54, 1.807) is 6.92 Å². The Morgan fingerprint density at radius 2 is 1.84 bits per heavy atom. The van der Waals surface area contributed by atoms with E-state index in [-0.39, 0.29) is 0 Å². The van der Waals surface area contributed by atoms with Crippen LogP contribution in [0.1, 0.15) is 52.9 Å². The van der Waals surface area contributed by atoms with Crippen LogP contribution in [-0.4, -0.2) is 33.8 Å². The first-order valence-corrected chi connectivity index (χ1v) is 6.72. The minimum absolute atomic E-state index is 0.398. The Bertz CT molecular complexity index is 425. The van der Waals surface area contributed by atoms with Crippen LogP contribution in [0.4, 0.5) is 0 Å². The van der Waals surface area contributed by atoms with Gasteiger partial charge in [-0.25, -0.2) is 4.79 Å². The Kier molecular flexibility index (Phi) is 5.27. The third-order valence-corrected chi connectivity index (χ3v) is 3.49. The number of hydrogen-bond acceptors (Lipinski definition) is 3. The van der Waals surface area contributed by atoms with Crippen LogP contribution in [0.2, 0.25) is 0 Å². The van der Waals surface area contributed by atoms with Crippen LogP contribution in [0.5, 0.6) is 0 Å². The van der Waals surface area contributed by atoms with E-state index in [9.17, 15) is 14.4 Å². The van der Waals surface area contributed by atoms with Crippen LogP contribution in [0.3, 0.4) is 0 Å². The van der Waals surface area contributed by atoms with E-state index in [1.807, 2.05) is 0 Å². The number of rotatable bonds is 7. The third-order valence-electron chi connectivity index (χ3n) is 3.49. The zero-order chi connectivity index (χ0) is 14.6. The van der Waals surface area contributed by atoms with E-state index in [0.717, 1.165) is 30.6 Å². The summed E-state index contributed by atoms with van der Waals surface area (Å²) in [6.07, 6.45) is 4.63. The molecule has 1 unspecified atom stereocenters. The molecule has 0 aromatic carbocycles. The van der Waals surface area contributed by atoms with Gasteiger partial charge in [-0.15, -0.1) is 0 Å². The largest absolute Gasteiger partial charge is 0.480 e. The molecular formula is C14H21NO4. The van der Waals surface area contributed by atoms with Crippen LogP contribution >= 0.6 is 0 Å². The van der Waals surface area contributed by atoms with Gasteiger partial charge in [-0.05, 0) is 26.7 Å². The van der Waals surface area contributed by atoms with Crippen molar-refractivity contribution >= 4 is 17.8 Å². The SMILES string of the molecule is CCCCCCC1=C(C)C(=O)N(C(C)C(=O)O)C1=O. The first-order chi connectivity index (χ1) is 8.91. The fourth-order valence-electron chi connectivity index (χ4n) is 2.19. The fourth-order valence-corrected chi connectivity index (χ4v) is 2.19. The maximum Gasteiger partial charge on any atom is 0.326 e. The number of amides is 2. The van der Waals surface area contributed by atoms with Gasteiger partial charge in [0.15, 0.2) is 0 Å². The minimum Gasteiger partial charge on any atom is -0.480 e. The highest BCUT2D eigenvalue weighted by Gasteiger charge is 2.40. The lowest BCUT2D eigenvalue weighted by Gasteiger charge is -2.19. The van der Waals surface area contributed by atoms with Crippen molar-refractivity contribution in [2.75, 3.05) is 0 Å². The highest BCUT2D eigenvalue weighted by Crippen LogP contribution is 2.26. The molecule has 0 saturated carbocycles. The van der Waals surface area contributed by atoms with Gasteiger partial charge >= 0.3 is 5.97 Å². The Labute approximate surface area is 113 Å². The van der Waals surface area contributed by atoms with Crippen LogP contribution in [0, 0.1) is 0 Å². The monoisotopic (exact) mass is 267 g/mol. The van der Waals surface area contributed by atoms with E-state index >= 15 is 0 Å². The number of unbranched alkanes of at least 4 members (excludes halogenated alkanes) is 3. The minimum atomic E-state index is -1.17. The van der Waals surface area contributed by atoms with Gasteiger partial charge in [0.25, 0.3) is 11.8 Å². The summed E-state index contributed by atoms with van der Waals surface area (Å²) < 4.78 is 0. The van der Waals surface area contributed by atoms with Gasteiger partial charge in [-0.1, -0.05) is 26.2 Å². The molecule has 5 heteroatoms. The number of carbonyl (C=O) groups excluding carboxylic acids is 2. The second kappa shape index (κ2) is 6.50. The van der Waals surface area contributed by atoms with Crippen molar-refractivity contribution in [2.24, 2.45) is 0 Å². The molecule has 0 radical (unpaired) electrons. The average molecular weight is 267 g/mol. The molecule has 1 rings (SSSR count). The zero-order valence-electron chi connectivity index (χ0n) is 11.7. The lowest BCUT2D eigenvalue weighted by atomic mass is 10.0. The van der Waals surface area contributed by atoms with Crippen LogP contribution in [0.15, 0.2) is 11.1 Å². The number of imide groups is 1. The standard InChI is InChI=1S/C14H21NO4/c1-4-5-6-7-8-11-9(2)12(16)15(13(11)17)10(3)14(18)19/h10H,4-8H2,1-3H3,(H,18,19). The molecule has 5 nitrogen and oxygen atoms in total. The number of aliphatic carboxylic acids is 1. The average Bonchev–Trinajstić information content (AvgIpc) is 2.57. The molecule has 1 aliphatic rings. The van der Waals surface area contributed by atoms with Crippen molar-refractivity contribution in [2.45, 2.75) is 58.9 Å². The summed E-state index contributed by atoms with van der Waals surface area (Å²) in [5.74, 6) is -2.07. The molecule has 0 spiro atoms. The first-order valence-electron chi connectivity index (χ1n) is 6.72. The van der Waals surface area contributed by atoms with Crippen molar-refractivity contribution < 1.29 is 19.5 Å². The maximum absolute atomic E-state index is 12.1. The highest BCUT2D eigenvalue weighted by molar-refractivity contribution is 6.20. The first kappa shape index (κ1) is 15.4. The number of hydrogen-bond donors (Lipinski definition) is 1. The van der Waals surface area contributed by atoms with Crippen LogP contribution in [0.25, 0.3) is 0 Å². The fraction of sp³-hybridized carbons (Fsp3) is 0.643. The molecule has 2 amide bonds. The maximum atomic E-state index is 12.1. The number of nitrogens with zero attached hydrogens (tertiary/aromatic N) is 1. The molecule has 1 atom stereocenters. The summed E-state index contributed by atoms with van der Waals surface area (Å²) in [7, 11) is 0. The van der Waals surface area contributed by atoms with Gasteiger partial charge in [0.1, 0.15) is 6.04 Å². The molecule has 106 valence electrons. The number of carboxylic acid groups (broad SMARTS) is 1. The molecule has 0 aromatic heterocycles. The van der Waals surface area contributed by atoms with Crippen molar-refractivity contribution in [3.05, 3.63) is 11.1 Å². The third kappa shape index (κ3) is 3.22. The predicted molar refractivity (Wildman–Crippen MR) is 70.4 cm³/mol. The van der Waals surface area contributed by atoms with Gasteiger partial charge in [-0.2, -0.15) is 0 Å². The second-order valence-corrected chi connectivity index (χ2v) is 4.91. The quantitative estimate of drug-likeness (QED) is 0.566. The van der Waals surface area contributed by atoms with Gasteiger partial charge in [0, 0.05) is 11.1 Å². The smallest absolute Gasteiger partial charge is 0.326 e. The highest BCUT2D eigenvalue weighted by atomic mass is 16.4. The van der Waals surface area contributed by atoms with Crippen molar-refractivity contribution in [3.8, 4) is 0 Å². The van der Waals surface area contributed by atoms with E-state index in [2.05, 4.69) is 6.92 Å². The summed E-state index contributed by atoms with van der Waals surface area (Å²) in [5, 5.41) is 8.93. The lowest BCUT2D eigenvalue weighted by Crippen LogP contribution is -2.43.